The predicted molar refractivity (Wildman–Crippen MR) is 95.0 cm³/mol. The van der Waals surface area contributed by atoms with Crippen LogP contribution in [0.25, 0.3) is 0 Å². The van der Waals surface area contributed by atoms with Gasteiger partial charge in [-0.15, -0.1) is 0 Å². The van der Waals surface area contributed by atoms with E-state index in [9.17, 15) is 8.42 Å². The molecule has 2 heterocycles. The smallest absolute Gasteiger partial charge is 0.281 e. The molecule has 0 bridgehead atoms. The Bertz CT molecular complexity index is 604. The van der Waals surface area contributed by atoms with Crippen molar-refractivity contribution in [1.82, 2.24) is 8.61 Å². The second kappa shape index (κ2) is 7.95. The van der Waals surface area contributed by atoms with Crippen LogP contribution in [0.15, 0.2) is 30.3 Å². The normalized spacial score (nSPS) is 22.7. The van der Waals surface area contributed by atoms with Crippen LogP contribution in [0.2, 0.25) is 0 Å². The first kappa shape index (κ1) is 17.9. The molecule has 0 spiro atoms. The summed E-state index contributed by atoms with van der Waals surface area (Å²) in [5, 5.41) is 0. The van der Waals surface area contributed by atoms with Gasteiger partial charge in [-0.25, -0.2) is 0 Å². The Morgan fingerprint density at radius 2 is 1.50 bits per heavy atom. The number of rotatable bonds is 5. The predicted octanol–water partition coefficient (Wildman–Crippen LogP) is 2.30. The summed E-state index contributed by atoms with van der Waals surface area (Å²) in [7, 11) is -1.60. The molecule has 134 valence electrons. The molecule has 2 aliphatic rings. The van der Waals surface area contributed by atoms with Crippen molar-refractivity contribution in [1.29, 1.82) is 0 Å². The Balaban J connectivity index is 1.52. The van der Waals surface area contributed by atoms with Gasteiger partial charge >= 0.3 is 0 Å². The van der Waals surface area contributed by atoms with Crippen molar-refractivity contribution in [2.24, 2.45) is 5.92 Å². The van der Waals surface area contributed by atoms with Crippen LogP contribution in [0.4, 0.5) is 0 Å². The maximum atomic E-state index is 12.8. The second-order valence-electron chi connectivity index (χ2n) is 6.87. The summed E-state index contributed by atoms with van der Waals surface area (Å²) in [6, 6.07) is 10.5. The Hall–Kier alpha value is -0.950. The molecular weight excluding hydrogens is 324 g/mol. The fraction of sp³-hybridized carbons (Fsp3) is 0.667. The summed E-state index contributed by atoms with van der Waals surface area (Å²) >= 11 is 0. The second-order valence-corrected chi connectivity index (χ2v) is 8.80. The summed E-state index contributed by atoms with van der Waals surface area (Å²) in [6.45, 7) is 2.43. The first-order chi connectivity index (χ1) is 11.6. The minimum atomic E-state index is -3.30. The molecule has 1 aromatic carbocycles. The molecule has 0 aromatic heterocycles. The van der Waals surface area contributed by atoms with E-state index in [1.807, 2.05) is 6.07 Å². The van der Waals surface area contributed by atoms with E-state index in [4.69, 9.17) is 4.74 Å². The lowest BCUT2D eigenvalue weighted by atomic mass is 9.91. The third-order valence-corrected chi connectivity index (χ3v) is 7.36. The highest BCUT2D eigenvalue weighted by atomic mass is 32.2. The highest BCUT2D eigenvalue weighted by Crippen LogP contribution is 2.26. The molecule has 24 heavy (non-hydrogen) atoms. The van der Waals surface area contributed by atoms with E-state index in [1.54, 1.807) is 15.7 Å². The number of hydrogen-bond donors (Lipinski definition) is 0. The summed E-state index contributed by atoms with van der Waals surface area (Å²) in [6.07, 6.45) is 4.73. The lowest BCUT2D eigenvalue weighted by Gasteiger charge is -2.37. The van der Waals surface area contributed by atoms with Crippen LogP contribution in [0.5, 0.6) is 0 Å². The van der Waals surface area contributed by atoms with Gasteiger partial charge in [0.05, 0.1) is 6.10 Å². The first-order valence-corrected chi connectivity index (χ1v) is 10.3. The van der Waals surface area contributed by atoms with Crippen molar-refractivity contribution in [2.75, 3.05) is 33.3 Å². The first-order valence-electron chi connectivity index (χ1n) is 8.91. The van der Waals surface area contributed by atoms with Crippen LogP contribution in [-0.2, 0) is 21.4 Å². The van der Waals surface area contributed by atoms with Gasteiger partial charge in [0.2, 0.25) is 0 Å². The summed E-state index contributed by atoms with van der Waals surface area (Å²) in [4.78, 5) is 0. The van der Waals surface area contributed by atoms with Crippen molar-refractivity contribution in [2.45, 2.75) is 38.2 Å². The van der Waals surface area contributed by atoms with Crippen molar-refractivity contribution in [3.63, 3.8) is 0 Å². The minimum absolute atomic E-state index is 0.202. The quantitative estimate of drug-likeness (QED) is 0.817. The molecule has 2 aliphatic heterocycles. The molecule has 2 saturated heterocycles. The number of methoxy groups -OCH3 is 1. The molecule has 0 unspecified atom stereocenters. The third kappa shape index (κ3) is 4.17. The van der Waals surface area contributed by atoms with Gasteiger partial charge in [0, 0.05) is 33.3 Å². The van der Waals surface area contributed by atoms with Gasteiger partial charge < -0.3 is 4.74 Å². The van der Waals surface area contributed by atoms with Crippen molar-refractivity contribution in [3.8, 4) is 0 Å². The molecule has 3 rings (SSSR count). The van der Waals surface area contributed by atoms with Gasteiger partial charge in [0.15, 0.2) is 0 Å². The van der Waals surface area contributed by atoms with Crippen LogP contribution in [0, 0.1) is 5.92 Å². The fourth-order valence-electron chi connectivity index (χ4n) is 3.75. The molecule has 0 atom stereocenters. The zero-order valence-corrected chi connectivity index (χ0v) is 15.2. The van der Waals surface area contributed by atoms with Gasteiger partial charge in [-0.3, -0.25) is 0 Å². The monoisotopic (exact) mass is 352 g/mol. The highest BCUT2D eigenvalue weighted by molar-refractivity contribution is 7.86. The lowest BCUT2D eigenvalue weighted by Crippen LogP contribution is -2.50. The maximum absolute atomic E-state index is 12.8. The third-order valence-electron chi connectivity index (χ3n) is 5.33. The van der Waals surface area contributed by atoms with E-state index in [0.29, 0.717) is 32.1 Å². The van der Waals surface area contributed by atoms with E-state index < -0.39 is 10.2 Å². The molecule has 0 N–H and O–H groups in total. The topological polar surface area (TPSA) is 49.9 Å². The van der Waals surface area contributed by atoms with Crippen molar-refractivity contribution in [3.05, 3.63) is 35.9 Å². The SMILES string of the molecule is COC1CCN(S(=O)(=O)N2CCC(Cc3ccccc3)CC2)CC1. The number of piperidine rings is 2. The molecule has 0 aliphatic carbocycles. The maximum Gasteiger partial charge on any atom is 0.281 e. The number of hydrogen-bond acceptors (Lipinski definition) is 3. The van der Waals surface area contributed by atoms with Crippen LogP contribution >= 0.6 is 0 Å². The summed E-state index contributed by atoms with van der Waals surface area (Å²) < 4.78 is 34.3. The molecule has 0 radical (unpaired) electrons. The van der Waals surface area contributed by atoms with Crippen LogP contribution in [0.3, 0.4) is 0 Å². The molecule has 1 aromatic rings. The molecule has 0 amide bonds. The largest absolute Gasteiger partial charge is 0.381 e. The Kier molecular flexibility index (Phi) is 5.92. The van der Waals surface area contributed by atoms with Gasteiger partial charge in [0.1, 0.15) is 0 Å². The lowest BCUT2D eigenvalue weighted by molar-refractivity contribution is 0.0587. The Morgan fingerprint density at radius 3 is 2.04 bits per heavy atom. The molecule has 0 saturated carbocycles. The zero-order valence-electron chi connectivity index (χ0n) is 14.4. The van der Waals surface area contributed by atoms with Crippen LogP contribution in [0.1, 0.15) is 31.2 Å². The van der Waals surface area contributed by atoms with E-state index in [0.717, 1.165) is 32.1 Å². The Morgan fingerprint density at radius 1 is 0.958 bits per heavy atom. The average Bonchev–Trinajstić information content (AvgIpc) is 2.63. The minimum Gasteiger partial charge on any atom is -0.381 e. The zero-order chi connectivity index (χ0) is 17.0. The van der Waals surface area contributed by atoms with E-state index >= 15 is 0 Å². The standard InChI is InChI=1S/C18H28N2O3S/c1-23-18-9-13-20(14-10-18)24(21,22)19-11-7-17(8-12-19)15-16-5-3-2-4-6-16/h2-6,17-18H,7-15H2,1H3. The summed E-state index contributed by atoms with van der Waals surface area (Å²) in [5.74, 6) is 0.582. The fourth-order valence-corrected chi connectivity index (χ4v) is 5.42. The van der Waals surface area contributed by atoms with E-state index in [2.05, 4.69) is 24.3 Å². The van der Waals surface area contributed by atoms with Gasteiger partial charge in [-0.1, -0.05) is 30.3 Å². The molecular formula is C18H28N2O3S. The van der Waals surface area contributed by atoms with E-state index in [1.165, 1.54) is 5.56 Å². The van der Waals surface area contributed by atoms with Gasteiger partial charge in [-0.2, -0.15) is 17.0 Å². The number of nitrogens with zero attached hydrogens (tertiary/aromatic N) is 2. The Labute approximate surface area is 145 Å². The molecule has 2 fully saturated rings. The van der Waals surface area contributed by atoms with E-state index in [-0.39, 0.29) is 6.10 Å². The molecule has 6 heteroatoms. The highest BCUT2D eigenvalue weighted by Gasteiger charge is 2.35. The number of ether oxygens (including phenoxy) is 1. The van der Waals surface area contributed by atoms with Gasteiger partial charge in [-0.05, 0) is 43.6 Å². The van der Waals surface area contributed by atoms with Crippen LogP contribution in [-0.4, -0.2) is 56.4 Å². The van der Waals surface area contributed by atoms with Crippen LogP contribution < -0.4 is 0 Å². The molecule has 5 nitrogen and oxygen atoms in total. The number of benzene rings is 1. The van der Waals surface area contributed by atoms with Crippen molar-refractivity contribution >= 4 is 10.2 Å². The summed E-state index contributed by atoms with van der Waals surface area (Å²) in [5.41, 5.74) is 1.35. The average molecular weight is 353 g/mol. The van der Waals surface area contributed by atoms with Gasteiger partial charge in [0.25, 0.3) is 10.2 Å². The van der Waals surface area contributed by atoms with Crippen molar-refractivity contribution < 1.29 is 13.2 Å².